The fraction of sp³-hybridized carbons (Fsp3) is 0.556. The van der Waals surface area contributed by atoms with Gasteiger partial charge in [-0.05, 0) is 26.3 Å². The molecule has 1 heterocycles. The highest BCUT2D eigenvalue weighted by molar-refractivity contribution is 5.84. The molecule has 0 bridgehead atoms. The molecule has 1 aliphatic rings. The third-order valence-electron chi connectivity index (χ3n) is 4.05. The van der Waals surface area contributed by atoms with Crippen LogP contribution >= 0.6 is 0 Å². The molecule has 0 atom stereocenters. The van der Waals surface area contributed by atoms with Crippen molar-refractivity contribution in [3.8, 4) is 0 Å². The third-order valence-corrected chi connectivity index (χ3v) is 4.05. The fourth-order valence-electron chi connectivity index (χ4n) is 2.74. The van der Waals surface area contributed by atoms with Gasteiger partial charge >= 0.3 is 6.03 Å². The predicted molar refractivity (Wildman–Crippen MR) is 92.5 cm³/mol. The lowest BCUT2D eigenvalue weighted by atomic mass is 10.1. The number of likely N-dealkylation sites (N-methyl/N-ethyl adjacent to an activating group) is 1. The first-order chi connectivity index (χ1) is 11.4. The van der Waals surface area contributed by atoms with Gasteiger partial charge in [-0.3, -0.25) is 4.79 Å². The minimum Gasteiger partial charge on any atom is -0.372 e. The number of nitrogens with one attached hydrogen (secondary N) is 1. The zero-order valence-electron chi connectivity index (χ0n) is 14.7. The Morgan fingerprint density at radius 2 is 2.00 bits per heavy atom. The van der Waals surface area contributed by atoms with Crippen molar-refractivity contribution in [3.63, 3.8) is 0 Å². The van der Waals surface area contributed by atoms with Crippen LogP contribution in [-0.4, -0.2) is 60.1 Å². The molecule has 2 rings (SSSR count). The van der Waals surface area contributed by atoms with Gasteiger partial charge in [0.1, 0.15) is 0 Å². The van der Waals surface area contributed by atoms with Gasteiger partial charge in [-0.1, -0.05) is 30.3 Å². The summed E-state index contributed by atoms with van der Waals surface area (Å²) < 4.78 is 5.60. The number of carbonyl (C=O) groups excluding carboxylic acids is 2. The van der Waals surface area contributed by atoms with Gasteiger partial charge in [0.25, 0.3) is 0 Å². The molecule has 1 aromatic rings. The minimum absolute atomic E-state index is 0.0112. The molecule has 1 aromatic carbocycles. The van der Waals surface area contributed by atoms with Crippen LogP contribution in [0, 0.1) is 0 Å². The highest BCUT2D eigenvalue weighted by atomic mass is 16.5. The van der Waals surface area contributed by atoms with Crippen molar-refractivity contribution in [2.75, 3.05) is 32.8 Å². The molecule has 6 heteroatoms. The Hall–Kier alpha value is -2.08. The molecule has 1 N–H and O–H groups in total. The molecule has 0 saturated carbocycles. The van der Waals surface area contributed by atoms with Gasteiger partial charge in [0.05, 0.1) is 25.3 Å². The maximum Gasteiger partial charge on any atom is 0.318 e. The Kier molecular flexibility index (Phi) is 6.20. The van der Waals surface area contributed by atoms with Crippen molar-refractivity contribution in [1.82, 2.24) is 15.1 Å². The Morgan fingerprint density at radius 1 is 1.29 bits per heavy atom. The molecule has 1 fully saturated rings. The smallest absolute Gasteiger partial charge is 0.318 e. The molecule has 3 amide bonds. The molecule has 1 aliphatic heterocycles. The van der Waals surface area contributed by atoms with Crippen LogP contribution in [0.2, 0.25) is 0 Å². The molecule has 132 valence electrons. The lowest BCUT2D eigenvalue weighted by molar-refractivity contribution is -0.130. The van der Waals surface area contributed by atoms with Crippen molar-refractivity contribution in [2.24, 2.45) is 0 Å². The summed E-state index contributed by atoms with van der Waals surface area (Å²) >= 11 is 0. The fourth-order valence-corrected chi connectivity index (χ4v) is 2.74. The van der Waals surface area contributed by atoms with Gasteiger partial charge < -0.3 is 19.9 Å². The quantitative estimate of drug-likeness (QED) is 0.894. The number of urea groups is 1. The van der Waals surface area contributed by atoms with Gasteiger partial charge in [0.15, 0.2) is 0 Å². The van der Waals surface area contributed by atoms with E-state index in [1.165, 1.54) is 0 Å². The number of hydrogen-bond acceptors (Lipinski definition) is 3. The van der Waals surface area contributed by atoms with Gasteiger partial charge in [-0.2, -0.15) is 0 Å². The van der Waals surface area contributed by atoms with Crippen molar-refractivity contribution in [2.45, 2.75) is 32.9 Å². The second kappa shape index (κ2) is 8.15. The topological polar surface area (TPSA) is 61.9 Å². The number of carbonyl (C=O) groups is 2. The number of benzene rings is 1. The monoisotopic (exact) mass is 333 g/mol. The van der Waals surface area contributed by atoms with Gasteiger partial charge in [0, 0.05) is 19.6 Å². The van der Waals surface area contributed by atoms with Crippen LogP contribution in [0.4, 0.5) is 4.79 Å². The first-order valence-corrected chi connectivity index (χ1v) is 8.40. The Balaban J connectivity index is 1.83. The van der Waals surface area contributed by atoms with Crippen LogP contribution in [0.25, 0.3) is 0 Å². The van der Waals surface area contributed by atoms with Crippen LogP contribution in [0.3, 0.4) is 0 Å². The highest BCUT2D eigenvalue weighted by Gasteiger charge is 2.30. The predicted octanol–water partition coefficient (Wildman–Crippen LogP) is 1.86. The van der Waals surface area contributed by atoms with E-state index in [9.17, 15) is 9.59 Å². The largest absolute Gasteiger partial charge is 0.372 e. The van der Waals surface area contributed by atoms with E-state index in [-0.39, 0.29) is 24.1 Å². The Morgan fingerprint density at radius 3 is 2.62 bits per heavy atom. The lowest BCUT2D eigenvalue weighted by Gasteiger charge is -2.38. The summed E-state index contributed by atoms with van der Waals surface area (Å²) in [5.41, 5.74) is 0.733. The molecular weight excluding hydrogens is 306 g/mol. The van der Waals surface area contributed by atoms with Crippen molar-refractivity contribution in [3.05, 3.63) is 35.9 Å². The van der Waals surface area contributed by atoms with E-state index >= 15 is 0 Å². The molecule has 0 aromatic heterocycles. The second-order valence-electron chi connectivity index (χ2n) is 6.58. The van der Waals surface area contributed by atoms with E-state index in [1.54, 1.807) is 9.80 Å². The third kappa shape index (κ3) is 5.23. The van der Waals surface area contributed by atoms with E-state index in [0.717, 1.165) is 5.56 Å². The van der Waals surface area contributed by atoms with E-state index in [1.807, 2.05) is 51.1 Å². The highest BCUT2D eigenvalue weighted by Crippen LogP contribution is 2.16. The lowest BCUT2D eigenvalue weighted by Crippen LogP contribution is -2.54. The van der Waals surface area contributed by atoms with Crippen molar-refractivity contribution < 1.29 is 14.3 Å². The van der Waals surface area contributed by atoms with Crippen LogP contribution in [-0.2, 0) is 16.1 Å². The number of amides is 3. The Labute approximate surface area is 143 Å². The summed E-state index contributed by atoms with van der Waals surface area (Å²) in [7, 11) is 0. The van der Waals surface area contributed by atoms with Gasteiger partial charge in [0.2, 0.25) is 5.91 Å². The second-order valence-corrected chi connectivity index (χ2v) is 6.58. The number of hydrogen-bond donors (Lipinski definition) is 1. The number of morpholine rings is 1. The molecular formula is C18H27N3O3. The molecule has 1 saturated heterocycles. The molecule has 0 spiro atoms. The van der Waals surface area contributed by atoms with E-state index in [0.29, 0.717) is 32.8 Å². The van der Waals surface area contributed by atoms with E-state index in [4.69, 9.17) is 4.74 Å². The SMILES string of the molecule is CCN(Cc1ccccc1)C(=O)CNC(=O)N1CCOC(C)(C)C1. The first kappa shape index (κ1) is 18.3. The zero-order valence-corrected chi connectivity index (χ0v) is 14.7. The summed E-state index contributed by atoms with van der Waals surface area (Å²) in [5.74, 6) is -0.0813. The average Bonchev–Trinajstić information content (AvgIpc) is 2.57. The number of nitrogens with zero attached hydrogens (tertiary/aromatic N) is 2. The summed E-state index contributed by atoms with van der Waals surface area (Å²) in [6.07, 6.45) is 0. The maximum atomic E-state index is 12.4. The molecule has 24 heavy (non-hydrogen) atoms. The van der Waals surface area contributed by atoms with E-state index in [2.05, 4.69) is 5.32 Å². The van der Waals surface area contributed by atoms with Crippen LogP contribution in [0.1, 0.15) is 26.3 Å². The van der Waals surface area contributed by atoms with E-state index < -0.39 is 0 Å². The summed E-state index contributed by atoms with van der Waals surface area (Å²) in [5, 5.41) is 2.73. The molecule has 0 unspecified atom stereocenters. The normalized spacial score (nSPS) is 16.5. The number of rotatable bonds is 5. The summed E-state index contributed by atoms with van der Waals surface area (Å²) in [4.78, 5) is 28.0. The van der Waals surface area contributed by atoms with Crippen LogP contribution < -0.4 is 5.32 Å². The summed E-state index contributed by atoms with van der Waals surface area (Å²) in [6, 6.07) is 9.63. The Bertz CT molecular complexity index is 560. The van der Waals surface area contributed by atoms with Gasteiger partial charge in [-0.25, -0.2) is 4.79 Å². The van der Waals surface area contributed by atoms with Crippen LogP contribution in [0.5, 0.6) is 0 Å². The minimum atomic E-state index is -0.345. The standard InChI is InChI=1S/C18H27N3O3/c1-4-20(13-15-8-6-5-7-9-15)16(22)12-19-17(23)21-10-11-24-18(2,3)14-21/h5-9H,4,10-14H2,1-3H3,(H,19,23). The molecule has 6 nitrogen and oxygen atoms in total. The number of ether oxygens (including phenoxy) is 1. The molecule has 0 aliphatic carbocycles. The maximum absolute atomic E-state index is 12.4. The first-order valence-electron chi connectivity index (χ1n) is 8.40. The van der Waals surface area contributed by atoms with Crippen LogP contribution in [0.15, 0.2) is 30.3 Å². The van der Waals surface area contributed by atoms with Gasteiger partial charge in [-0.15, -0.1) is 0 Å². The van der Waals surface area contributed by atoms with Crippen molar-refractivity contribution in [1.29, 1.82) is 0 Å². The zero-order chi connectivity index (χ0) is 17.6. The summed E-state index contributed by atoms with van der Waals surface area (Å²) in [6.45, 7) is 8.60. The molecule has 0 radical (unpaired) electrons. The van der Waals surface area contributed by atoms with Crippen molar-refractivity contribution >= 4 is 11.9 Å². The average molecular weight is 333 g/mol.